The second-order valence-electron chi connectivity index (χ2n) is 7.28. The zero-order valence-electron chi connectivity index (χ0n) is 17.2. The third-order valence-electron chi connectivity index (χ3n) is 4.98. The first-order chi connectivity index (χ1) is 13.6. The maximum Gasteiger partial charge on any atom is 0.309 e. The molecule has 0 saturated carbocycles. The standard InChI is InChI=1S/C22H34N2O4/c1-3-5-6-7-16-28-20-10-8-19(9-11-20)23-21(25)17-24-14-12-18(13-15-24)22(26)27-4-2/h8-11,18H,3-7,12-17H2,1-2H3,(H,23,25). The molecule has 6 nitrogen and oxygen atoms in total. The molecular weight excluding hydrogens is 356 g/mol. The lowest BCUT2D eigenvalue weighted by molar-refractivity contribution is -0.149. The molecule has 0 radical (unpaired) electrons. The molecule has 0 aliphatic carbocycles. The molecule has 1 heterocycles. The van der Waals surface area contributed by atoms with Gasteiger partial charge >= 0.3 is 5.97 Å². The number of amides is 1. The largest absolute Gasteiger partial charge is 0.494 e. The molecule has 1 aliphatic heterocycles. The van der Waals surface area contributed by atoms with Crippen LogP contribution >= 0.6 is 0 Å². The SMILES string of the molecule is CCCCCCOc1ccc(NC(=O)CN2CCC(C(=O)OCC)CC2)cc1. The van der Waals surface area contributed by atoms with Crippen LogP contribution in [0.15, 0.2) is 24.3 Å². The van der Waals surface area contributed by atoms with E-state index in [0.29, 0.717) is 13.2 Å². The summed E-state index contributed by atoms with van der Waals surface area (Å²) in [6.45, 7) is 6.98. The molecule has 1 N–H and O–H groups in total. The van der Waals surface area contributed by atoms with E-state index in [0.717, 1.165) is 50.4 Å². The van der Waals surface area contributed by atoms with Crippen LogP contribution in [-0.4, -0.2) is 49.6 Å². The van der Waals surface area contributed by atoms with Gasteiger partial charge < -0.3 is 14.8 Å². The molecule has 1 saturated heterocycles. The monoisotopic (exact) mass is 390 g/mol. The van der Waals surface area contributed by atoms with Crippen molar-refractivity contribution in [1.29, 1.82) is 0 Å². The quantitative estimate of drug-likeness (QED) is 0.459. The Morgan fingerprint density at radius 3 is 2.43 bits per heavy atom. The first-order valence-electron chi connectivity index (χ1n) is 10.5. The van der Waals surface area contributed by atoms with Gasteiger partial charge in [-0.05, 0) is 63.5 Å². The normalized spacial score (nSPS) is 15.2. The number of carbonyl (C=O) groups excluding carboxylic acids is 2. The molecule has 0 atom stereocenters. The fourth-order valence-electron chi connectivity index (χ4n) is 3.34. The number of nitrogens with zero attached hydrogens (tertiary/aromatic N) is 1. The average molecular weight is 391 g/mol. The van der Waals surface area contributed by atoms with Crippen LogP contribution in [0.25, 0.3) is 0 Å². The van der Waals surface area contributed by atoms with Gasteiger partial charge in [0.05, 0.1) is 25.7 Å². The van der Waals surface area contributed by atoms with E-state index in [1.54, 1.807) is 0 Å². The average Bonchev–Trinajstić information content (AvgIpc) is 2.70. The number of benzene rings is 1. The molecule has 1 fully saturated rings. The fourth-order valence-corrected chi connectivity index (χ4v) is 3.34. The number of nitrogens with one attached hydrogen (secondary N) is 1. The van der Waals surface area contributed by atoms with Crippen LogP contribution in [0, 0.1) is 5.92 Å². The Labute approximate surface area is 168 Å². The Bertz CT molecular complexity index is 595. The lowest BCUT2D eigenvalue weighted by atomic mass is 9.97. The summed E-state index contributed by atoms with van der Waals surface area (Å²) in [6.07, 6.45) is 6.22. The van der Waals surface area contributed by atoms with Crippen molar-refractivity contribution in [2.24, 2.45) is 5.92 Å². The summed E-state index contributed by atoms with van der Waals surface area (Å²) >= 11 is 0. The highest BCUT2D eigenvalue weighted by atomic mass is 16.5. The van der Waals surface area contributed by atoms with E-state index in [1.165, 1.54) is 19.3 Å². The van der Waals surface area contributed by atoms with Gasteiger partial charge in [0, 0.05) is 5.69 Å². The number of likely N-dealkylation sites (tertiary alicyclic amines) is 1. The van der Waals surface area contributed by atoms with E-state index in [4.69, 9.17) is 9.47 Å². The van der Waals surface area contributed by atoms with Gasteiger partial charge in [0.15, 0.2) is 0 Å². The van der Waals surface area contributed by atoms with Crippen LogP contribution in [0.2, 0.25) is 0 Å². The highest BCUT2D eigenvalue weighted by molar-refractivity contribution is 5.92. The van der Waals surface area contributed by atoms with Gasteiger partial charge in [-0.15, -0.1) is 0 Å². The Morgan fingerprint density at radius 1 is 1.07 bits per heavy atom. The van der Waals surface area contributed by atoms with E-state index in [9.17, 15) is 9.59 Å². The number of anilines is 1. The third-order valence-corrected chi connectivity index (χ3v) is 4.98. The molecule has 6 heteroatoms. The number of piperidine rings is 1. The van der Waals surface area contributed by atoms with Gasteiger partial charge in [-0.3, -0.25) is 14.5 Å². The minimum atomic E-state index is -0.112. The summed E-state index contributed by atoms with van der Waals surface area (Å²) in [5, 5.41) is 2.93. The summed E-state index contributed by atoms with van der Waals surface area (Å²) in [4.78, 5) is 26.1. The van der Waals surface area contributed by atoms with Crippen molar-refractivity contribution < 1.29 is 19.1 Å². The van der Waals surface area contributed by atoms with Gasteiger partial charge in [-0.2, -0.15) is 0 Å². The predicted molar refractivity (Wildman–Crippen MR) is 111 cm³/mol. The highest BCUT2D eigenvalue weighted by Gasteiger charge is 2.26. The number of esters is 1. The van der Waals surface area contributed by atoms with Crippen LogP contribution in [0.1, 0.15) is 52.4 Å². The zero-order valence-corrected chi connectivity index (χ0v) is 17.2. The maximum atomic E-state index is 12.3. The molecule has 0 aromatic heterocycles. The second-order valence-corrected chi connectivity index (χ2v) is 7.28. The van der Waals surface area contributed by atoms with Gasteiger partial charge in [0.1, 0.15) is 5.75 Å². The summed E-state index contributed by atoms with van der Waals surface area (Å²) < 4.78 is 10.8. The molecule has 2 rings (SSSR count). The molecule has 0 spiro atoms. The first-order valence-corrected chi connectivity index (χ1v) is 10.5. The molecular formula is C22H34N2O4. The van der Waals surface area contributed by atoms with Crippen molar-refractivity contribution in [3.8, 4) is 5.75 Å². The minimum Gasteiger partial charge on any atom is -0.494 e. The molecule has 1 aliphatic rings. The number of hydrogen-bond donors (Lipinski definition) is 1. The summed E-state index contributed by atoms with van der Waals surface area (Å²) in [6, 6.07) is 7.51. The number of rotatable bonds is 11. The van der Waals surface area contributed by atoms with Crippen molar-refractivity contribution in [2.45, 2.75) is 52.4 Å². The van der Waals surface area contributed by atoms with E-state index in [-0.39, 0.29) is 17.8 Å². The smallest absolute Gasteiger partial charge is 0.309 e. The molecule has 0 unspecified atom stereocenters. The summed E-state index contributed by atoms with van der Waals surface area (Å²) in [5.41, 5.74) is 0.768. The number of hydrogen-bond acceptors (Lipinski definition) is 5. The first kappa shape index (κ1) is 22.2. The maximum absolute atomic E-state index is 12.3. The van der Waals surface area contributed by atoms with E-state index in [2.05, 4.69) is 17.1 Å². The van der Waals surface area contributed by atoms with Crippen molar-refractivity contribution in [2.75, 3.05) is 38.2 Å². The molecule has 28 heavy (non-hydrogen) atoms. The Hall–Kier alpha value is -2.08. The van der Waals surface area contributed by atoms with E-state index in [1.807, 2.05) is 31.2 Å². The predicted octanol–water partition coefficient (Wildman–Crippen LogP) is 3.86. The van der Waals surface area contributed by atoms with Crippen LogP contribution in [0.4, 0.5) is 5.69 Å². The molecule has 156 valence electrons. The topological polar surface area (TPSA) is 67.9 Å². The molecule has 1 aromatic carbocycles. The Balaban J connectivity index is 1.67. The van der Waals surface area contributed by atoms with E-state index >= 15 is 0 Å². The second kappa shape index (κ2) is 12.4. The van der Waals surface area contributed by atoms with Crippen molar-refractivity contribution in [3.63, 3.8) is 0 Å². The minimum absolute atomic E-state index is 0.0335. The van der Waals surface area contributed by atoms with Crippen LogP contribution in [0.5, 0.6) is 5.75 Å². The van der Waals surface area contributed by atoms with E-state index < -0.39 is 0 Å². The molecule has 1 aromatic rings. The molecule has 0 bridgehead atoms. The van der Waals surface area contributed by atoms with Crippen molar-refractivity contribution >= 4 is 17.6 Å². The van der Waals surface area contributed by atoms with Crippen LogP contribution < -0.4 is 10.1 Å². The lowest BCUT2D eigenvalue weighted by Gasteiger charge is -2.30. The molecule has 1 amide bonds. The van der Waals surface area contributed by atoms with Crippen molar-refractivity contribution in [1.82, 2.24) is 4.90 Å². The van der Waals surface area contributed by atoms with Gasteiger partial charge in [-0.25, -0.2) is 0 Å². The van der Waals surface area contributed by atoms with Crippen LogP contribution in [-0.2, 0) is 14.3 Å². The fraction of sp³-hybridized carbons (Fsp3) is 0.636. The summed E-state index contributed by atoms with van der Waals surface area (Å²) in [5.74, 6) is 0.645. The van der Waals surface area contributed by atoms with Gasteiger partial charge in [0.2, 0.25) is 5.91 Å². The number of ether oxygens (including phenoxy) is 2. The van der Waals surface area contributed by atoms with Crippen molar-refractivity contribution in [3.05, 3.63) is 24.3 Å². The lowest BCUT2D eigenvalue weighted by Crippen LogP contribution is -2.41. The number of carbonyl (C=O) groups is 2. The Morgan fingerprint density at radius 2 is 1.79 bits per heavy atom. The number of unbranched alkanes of at least 4 members (excludes halogenated alkanes) is 3. The highest BCUT2D eigenvalue weighted by Crippen LogP contribution is 2.19. The summed E-state index contributed by atoms with van der Waals surface area (Å²) in [7, 11) is 0. The Kier molecular flexibility index (Phi) is 9.83. The van der Waals surface area contributed by atoms with Gasteiger partial charge in [0.25, 0.3) is 0 Å². The van der Waals surface area contributed by atoms with Crippen LogP contribution in [0.3, 0.4) is 0 Å². The zero-order chi connectivity index (χ0) is 20.2. The third kappa shape index (κ3) is 7.89. The van der Waals surface area contributed by atoms with Gasteiger partial charge in [-0.1, -0.05) is 26.2 Å².